The molecule has 0 aromatic heterocycles. The number of rotatable bonds is 1. The molecule has 2 atom stereocenters. The number of fused-ring (bicyclic) bond motifs is 1. The van der Waals surface area contributed by atoms with Crippen molar-refractivity contribution in [3.8, 4) is 5.75 Å². The lowest BCUT2D eigenvalue weighted by Crippen LogP contribution is -2.48. The van der Waals surface area contributed by atoms with Crippen molar-refractivity contribution >= 4 is 5.69 Å². The smallest absolute Gasteiger partial charge is 0.120 e. The van der Waals surface area contributed by atoms with Gasteiger partial charge in [0.2, 0.25) is 0 Å². The molecule has 0 bridgehead atoms. The van der Waals surface area contributed by atoms with Gasteiger partial charge in [0.05, 0.1) is 12.6 Å². The van der Waals surface area contributed by atoms with E-state index in [1.54, 1.807) is 7.11 Å². The number of aliphatic hydroxyl groups is 1. The molecule has 2 aliphatic rings. The van der Waals surface area contributed by atoms with Gasteiger partial charge in [-0.05, 0) is 19.0 Å². The SMILES string of the molecule is COc1ccc2c(c1)N(C)C1(CCNC1)C2O. The highest BCUT2D eigenvalue weighted by molar-refractivity contribution is 5.65. The minimum atomic E-state index is -0.414. The maximum atomic E-state index is 10.5. The molecule has 4 nitrogen and oxygen atoms in total. The summed E-state index contributed by atoms with van der Waals surface area (Å²) in [5.41, 5.74) is 1.92. The predicted molar refractivity (Wildman–Crippen MR) is 66.6 cm³/mol. The van der Waals surface area contributed by atoms with Crippen molar-refractivity contribution in [1.29, 1.82) is 0 Å². The van der Waals surface area contributed by atoms with Crippen LogP contribution in [-0.2, 0) is 0 Å². The van der Waals surface area contributed by atoms with Gasteiger partial charge in [-0.15, -0.1) is 0 Å². The Morgan fingerprint density at radius 1 is 1.53 bits per heavy atom. The van der Waals surface area contributed by atoms with E-state index in [2.05, 4.69) is 17.3 Å². The fourth-order valence-corrected chi connectivity index (χ4v) is 3.10. The fourth-order valence-electron chi connectivity index (χ4n) is 3.10. The first kappa shape index (κ1) is 10.9. The van der Waals surface area contributed by atoms with E-state index >= 15 is 0 Å². The Hall–Kier alpha value is -1.26. The molecule has 0 aliphatic carbocycles. The second-order valence-electron chi connectivity index (χ2n) is 4.92. The lowest BCUT2D eigenvalue weighted by Gasteiger charge is -2.35. The molecule has 2 aliphatic heterocycles. The van der Waals surface area contributed by atoms with Crippen molar-refractivity contribution in [2.45, 2.75) is 18.1 Å². The summed E-state index contributed by atoms with van der Waals surface area (Å²) in [5.74, 6) is 0.839. The number of likely N-dealkylation sites (N-methyl/N-ethyl adjacent to an activating group) is 1. The summed E-state index contributed by atoms with van der Waals surface area (Å²) in [5, 5.41) is 13.9. The zero-order chi connectivity index (χ0) is 12.0. The van der Waals surface area contributed by atoms with Gasteiger partial charge >= 0.3 is 0 Å². The molecule has 1 aromatic rings. The van der Waals surface area contributed by atoms with Crippen molar-refractivity contribution in [3.05, 3.63) is 23.8 Å². The van der Waals surface area contributed by atoms with E-state index in [9.17, 15) is 5.11 Å². The lowest BCUT2D eigenvalue weighted by atomic mass is 9.90. The highest BCUT2D eigenvalue weighted by atomic mass is 16.5. The van der Waals surface area contributed by atoms with Gasteiger partial charge in [-0.1, -0.05) is 6.07 Å². The Labute approximate surface area is 101 Å². The van der Waals surface area contributed by atoms with Crippen molar-refractivity contribution in [3.63, 3.8) is 0 Å². The first-order valence-electron chi connectivity index (χ1n) is 5.99. The van der Waals surface area contributed by atoms with Crippen LogP contribution in [0.15, 0.2) is 18.2 Å². The van der Waals surface area contributed by atoms with Gasteiger partial charge in [0.1, 0.15) is 11.9 Å². The summed E-state index contributed by atoms with van der Waals surface area (Å²) in [6, 6.07) is 5.89. The van der Waals surface area contributed by atoms with Crippen molar-refractivity contribution in [1.82, 2.24) is 5.32 Å². The van der Waals surface area contributed by atoms with Gasteiger partial charge in [0.15, 0.2) is 0 Å². The third-order valence-corrected chi connectivity index (χ3v) is 4.24. The van der Waals surface area contributed by atoms with Crippen LogP contribution in [0.5, 0.6) is 5.75 Å². The standard InChI is InChI=1S/C13H18N2O2/c1-15-11-7-9(17-2)3-4-10(11)12(16)13(15)5-6-14-8-13/h3-4,7,12,14,16H,5-6,8H2,1-2H3. The van der Waals surface area contributed by atoms with E-state index in [4.69, 9.17) is 4.74 Å². The molecule has 0 radical (unpaired) electrons. The number of methoxy groups -OCH3 is 1. The molecule has 17 heavy (non-hydrogen) atoms. The van der Waals surface area contributed by atoms with Crippen LogP contribution >= 0.6 is 0 Å². The molecule has 1 saturated heterocycles. The zero-order valence-corrected chi connectivity index (χ0v) is 10.2. The van der Waals surface area contributed by atoms with Crippen LogP contribution < -0.4 is 15.0 Å². The minimum Gasteiger partial charge on any atom is -0.497 e. The first-order chi connectivity index (χ1) is 8.19. The third kappa shape index (κ3) is 1.31. The Morgan fingerprint density at radius 2 is 2.35 bits per heavy atom. The second-order valence-corrected chi connectivity index (χ2v) is 4.92. The monoisotopic (exact) mass is 234 g/mol. The third-order valence-electron chi connectivity index (χ3n) is 4.24. The molecule has 0 saturated carbocycles. The van der Waals surface area contributed by atoms with Gasteiger partial charge in [0, 0.05) is 30.9 Å². The number of benzene rings is 1. The van der Waals surface area contributed by atoms with E-state index in [-0.39, 0.29) is 5.54 Å². The Kier molecular flexibility index (Phi) is 2.31. The Bertz CT molecular complexity index is 441. The van der Waals surface area contributed by atoms with Crippen LogP contribution in [-0.4, -0.2) is 37.9 Å². The summed E-state index contributed by atoms with van der Waals surface area (Å²) < 4.78 is 5.25. The second kappa shape index (κ2) is 3.62. The Morgan fingerprint density at radius 3 is 3.00 bits per heavy atom. The quantitative estimate of drug-likeness (QED) is 0.758. The Balaban J connectivity index is 2.08. The summed E-state index contributed by atoms with van der Waals surface area (Å²) in [6.07, 6.45) is 0.560. The molecule has 2 heterocycles. The molecule has 4 heteroatoms. The van der Waals surface area contributed by atoms with Crippen LogP contribution in [0, 0.1) is 0 Å². The molecule has 92 valence electrons. The number of nitrogens with one attached hydrogen (secondary N) is 1. The number of nitrogens with zero attached hydrogens (tertiary/aromatic N) is 1. The molecule has 2 unspecified atom stereocenters. The maximum absolute atomic E-state index is 10.5. The molecule has 2 N–H and O–H groups in total. The molecular weight excluding hydrogens is 216 g/mol. The van der Waals surface area contributed by atoms with Crippen molar-refractivity contribution < 1.29 is 9.84 Å². The van der Waals surface area contributed by atoms with E-state index < -0.39 is 6.10 Å². The number of ether oxygens (including phenoxy) is 1. The summed E-state index contributed by atoms with van der Waals surface area (Å²) in [7, 11) is 3.72. The lowest BCUT2D eigenvalue weighted by molar-refractivity contribution is 0.105. The molecule has 3 rings (SSSR count). The fraction of sp³-hybridized carbons (Fsp3) is 0.538. The number of aliphatic hydroxyl groups excluding tert-OH is 1. The highest BCUT2D eigenvalue weighted by Gasteiger charge is 2.50. The topological polar surface area (TPSA) is 44.7 Å². The van der Waals surface area contributed by atoms with Gasteiger partial charge < -0.3 is 20.1 Å². The number of hydrogen-bond donors (Lipinski definition) is 2. The van der Waals surface area contributed by atoms with Gasteiger partial charge in [-0.3, -0.25) is 0 Å². The van der Waals surface area contributed by atoms with E-state index in [1.807, 2.05) is 18.2 Å². The largest absolute Gasteiger partial charge is 0.497 e. The van der Waals surface area contributed by atoms with Gasteiger partial charge in [-0.25, -0.2) is 0 Å². The zero-order valence-electron chi connectivity index (χ0n) is 10.2. The molecule has 1 aromatic carbocycles. The van der Waals surface area contributed by atoms with Gasteiger partial charge in [0.25, 0.3) is 0 Å². The normalized spacial score (nSPS) is 31.0. The van der Waals surface area contributed by atoms with Crippen molar-refractivity contribution in [2.24, 2.45) is 0 Å². The first-order valence-corrected chi connectivity index (χ1v) is 5.99. The maximum Gasteiger partial charge on any atom is 0.120 e. The van der Waals surface area contributed by atoms with Crippen LogP contribution in [0.1, 0.15) is 18.1 Å². The summed E-state index contributed by atoms with van der Waals surface area (Å²) in [6.45, 7) is 1.80. The van der Waals surface area contributed by atoms with Crippen LogP contribution in [0.2, 0.25) is 0 Å². The van der Waals surface area contributed by atoms with E-state index in [0.29, 0.717) is 0 Å². The van der Waals surface area contributed by atoms with Gasteiger partial charge in [-0.2, -0.15) is 0 Å². The van der Waals surface area contributed by atoms with E-state index in [1.165, 1.54) is 0 Å². The molecular formula is C13H18N2O2. The summed E-state index contributed by atoms with van der Waals surface area (Å²) >= 11 is 0. The summed E-state index contributed by atoms with van der Waals surface area (Å²) in [4.78, 5) is 2.20. The minimum absolute atomic E-state index is 0.172. The average Bonchev–Trinajstić information content (AvgIpc) is 2.92. The van der Waals surface area contributed by atoms with E-state index in [0.717, 1.165) is 36.5 Å². The van der Waals surface area contributed by atoms with Crippen LogP contribution in [0.4, 0.5) is 5.69 Å². The number of anilines is 1. The van der Waals surface area contributed by atoms with Crippen LogP contribution in [0.3, 0.4) is 0 Å². The number of hydrogen-bond acceptors (Lipinski definition) is 4. The molecule has 1 fully saturated rings. The molecule has 1 spiro atoms. The van der Waals surface area contributed by atoms with Crippen LogP contribution in [0.25, 0.3) is 0 Å². The molecule has 0 amide bonds. The predicted octanol–water partition coefficient (Wildman–Crippen LogP) is 0.910. The highest BCUT2D eigenvalue weighted by Crippen LogP contribution is 2.49. The average molecular weight is 234 g/mol. The van der Waals surface area contributed by atoms with Crippen molar-refractivity contribution in [2.75, 3.05) is 32.1 Å².